The van der Waals surface area contributed by atoms with E-state index in [1.807, 2.05) is 0 Å². The molecule has 2 saturated carbocycles. The van der Waals surface area contributed by atoms with E-state index >= 15 is 0 Å². The van der Waals surface area contributed by atoms with E-state index in [0.29, 0.717) is 24.4 Å². The van der Waals surface area contributed by atoms with Crippen molar-refractivity contribution < 1.29 is 9.47 Å². The van der Waals surface area contributed by atoms with E-state index in [1.165, 1.54) is 64.2 Å². The van der Waals surface area contributed by atoms with Crippen LogP contribution in [0.1, 0.15) is 85.0 Å². The van der Waals surface area contributed by atoms with E-state index in [1.54, 1.807) is 0 Å². The molecule has 4 rings (SSSR count). The zero-order valence-electron chi connectivity index (χ0n) is 16.1. The van der Waals surface area contributed by atoms with Crippen LogP contribution in [0.2, 0.25) is 0 Å². The topological polar surface area (TPSA) is 25.1 Å². The lowest BCUT2D eigenvalue weighted by molar-refractivity contribution is 0.172. The number of epoxide rings is 2. The Balaban J connectivity index is 1.33. The second-order valence-electron chi connectivity index (χ2n) is 9.68. The highest BCUT2D eigenvalue weighted by Gasteiger charge is 2.49. The molecule has 8 unspecified atom stereocenters. The average molecular weight is 335 g/mol. The number of hydrogen-bond acceptors (Lipinski definition) is 2. The van der Waals surface area contributed by atoms with Crippen LogP contribution in [-0.2, 0) is 9.47 Å². The molecule has 2 aliphatic heterocycles. The van der Waals surface area contributed by atoms with Crippen LogP contribution in [0.3, 0.4) is 0 Å². The fourth-order valence-corrected chi connectivity index (χ4v) is 5.90. The third-order valence-electron chi connectivity index (χ3n) is 7.75. The zero-order chi connectivity index (χ0) is 16.7. The molecule has 0 amide bonds. The van der Waals surface area contributed by atoms with Crippen molar-refractivity contribution in [1.82, 2.24) is 0 Å². The second-order valence-corrected chi connectivity index (χ2v) is 9.68. The molecular formula is C22H38O2. The Morgan fingerprint density at radius 3 is 1.75 bits per heavy atom. The van der Waals surface area contributed by atoms with Gasteiger partial charge in [0.25, 0.3) is 0 Å². The Bertz CT molecular complexity index is 388. The number of hydrogen-bond donors (Lipinski definition) is 0. The van der Waals surface area contributed by atoms with E-state index < -0.39 is 0 Å². The second kappa shape index (κ2) is 7.27. The summed E-state index contributed by atoms with van der Waals surface area (Å²) in [5.74, 6) is 4.54. The maximum atomic E-state index is 5.83. The normalized spacial score (nSPS) is 47.6. The highest BCUT2D eigenvalue weighted by molar-refractivity contribution is 4.97. The Labute approximate surface area is 149 Å². The third kappa shape index (κ3) is 4.01. The monoisotopic (exact) mass is 334 g/mol. The average Bonchev–Trinajstić information content (AvgIpc) is 3.44. The predicted molar refractivity (Wildman–Crippen MR) is 98.0 cm³/mol. The van der Waals surface area contributed by atoms with Crippen molar-refractivity contribution in [3.05, 3.63) is 0 Å². The molecule has 0 bridgehead atoms. The van der Waals surface area contributed by atoms with E-state index in [4.69, 9.17) is 9.47 Å². The summed E-state index contributed by atoms with van der Waals surface area (Å²) in [4.78, 5) is 0. The van der Waals surface area contributed by atoms with E-state index in [9.17, 15) is 0 Å². The molecule has 24 heavy (non-hydrogen) atoms. The first-order valence-electron chi connectivity index (χ1n) is 10.9. The molecule has 2 nitrogen and oxygen atoms in total. The third-order valence-corrected chi connectivity index (χ3v) is 7.75. The molecule has 138 valence electrons. The van der Waals surface area contributed by atoms with Crippen LogP contribution < -0.4 is 0 Å². The first kappa shape index (κ1) is 17.3. The minimum atomic E-state index is 0.636. The summed E-state index contributed by atoms with van der Waals surface area (Å²) in [5.41, 5.74) is 0. The van der Waals surface area contributed by atoms with Gasteiger partial charge in [0.1, 0.15) is 0 Å². The molecule has 0 spiro atoms. The van der Waals surface area contributed by atoms with Crippen LogP contribution in [0.25, 0.3) is 0 Å². The van der Waals surface area contributed by atoms with Crippen molar-refractivity contribution in [3.63, 3.8) is 0 Å². The number of rotatable bonds is 8. The summed E-state index contributed by atoms with van der Waals surface area (Å²) in [6.45, 7) is 7.30. The van der Waals surface area contributed by atoms with E-state index in [0.717, 1.165) is 29.6 Å². The van der Waals surface area contributed by atoms with Crippen molar-refractivity contribution >= 4 is 0 Å². The summed E-state index contributed by atoms with van der Waals surface area (Å²) in [7, 11) is 0. The lowest BCUT2D eigenvalue weighted by Crippen LogP contribution is -2.28. The van der Waals surface area contributed by atoms with Gasteiger partial charge in [0, 0.05) is 0 Å². The smallest absolute Gasteiger partial charge is 0.0844 e. The van der Waals surface area contributed by atoms with Crippen LogP contribution in [0, 0.1) is 29.6 Å². The molecule has 0 radical (unpaired) electrons. The van der Waals surface area contributed by atoms with Crippen LogP contribution in [-0.4, -0.2) is 24.4 Å². The van der Waals surface area contributed by atoms with Gasteiger partial charge in [-0.25, -0.2) is 0 Å². The molecule has 0 N–H and O–H groups in total. The number of ether oxygens (including phenoxy) is 2. The summed E-state index contributed by atoms with van der Waals surface area (Å²) in [6, 6.07) is 0. The molecule has 2 saturated heterocycles. The van der Waals surface area contributed by atoms with Crippen molar-refractivity contribution in [1.29, 1.82) is 0 Å². The molecule has 2 heteroatoms. The standard InChI is InChI=1S/C22H38O2/c1-4-5-6-7-16(10-17-12-21-19(23-21)8-14(17)2)11-18-13-22-20(24-22)9-15(18)3/h14-22H,4-13H2,1-3H3. The van der Waals surface area contributed by atoms with Gasteiger partial charge < -0.3 is 9.47 Å². The van der Waals surface area contributed by atoms with Gasteiger partial charge in [-0.05, 0) is 68.1 Å². The Kier molecular flexibility index (Phi) is 5.25. The zero-order valence-corrected chi connectivity index (χ0v) is 16.1. The SMILES string of the molecule is CCCCCC(CC1CC2OC2CC1C)CC1CC2OC2CC1C. The quantitative estimate of drug-likeness (QED) is 0.427. The molecule has 2 aliphatic carbocycles. The number of fused-ring (bicyclic) bond motifs is 2. The van der Waals surface area contributed by atoms with Gasteiger partial charge >= 0.3 is 0 Å². The van der Waals surface area contributed by atoms with Crippen LogP contribution >= 0.6 is 0 Å². The van der Waals surface area contributed by atoms with Gasteiger partial charge in [-0.2, -0.15) is 0 Å². The summed E-state index contributed by atoms with van der Waals surface area (Å²) < 4.78 is 11.7. The Morgan fingerprint density at radius 1 is 0.750 bits per heavy atom. The van der Waals surface area contributed by atoms with Gasteiger partial charge in [0.15, 0.2) is 0 Å². The lowest BCUT2D eigenvalue weighted by atomic mass is 9.70. The van der Waals surface area contributed by atoms with Gasteiger partial charge in [-0.3, -0.25) is 0 Å². The van der Waals surface area contributed by atoms with Crippen molar-refractivity contribution in [3.8, 4) is 0 Å². The van der Waals surface area contributed by atoms with Crippen LogP contribution in [0.4, 0.5) is 0 Å². The molecular weight excluding hydrogens is 296 g/mol. The predicted octanol–water partition coefficient (Wildman–Crippen LogP) is 5.59. The highest BCUT2D eigenvalue weighted by atomic mass is 16.6. The van der Waals surface area contributed by atoms with Crippen LogP contribution in [0.15, 0.2) is 0 Å². The number of unbranched alkanes of at least 4 members (excludes halogenated alkanes) is 2. The summed E-state index contributed by atoms with van der Waals surface area (Å²) >= 11 is 0. The van der Waals surface area contributed by atoms with Crippen molar-refractivity contribution in [2.75, 3.05) is 0 Å². The molecule has 0 aromatic carbocycles. The maximum Gasteiger partial charge on any atom is 0.0844 e. The van der Waals surface area contributed by atoms with Crippen LogP contribution in [0.5, 0.6) is 0 Å². The Hall–Kier alpha value is -0.0800. The first-order chi connectivity index (χ1) is 11.6. The van der Waals surface area contributed by atoms with Crippen molar-refractivity contribution in [2.24, 2.45) is 29.6 Å². The highest BCUT2D eigenvalue weighted by Crippen LogP contribution is 2.48. The summed E-state index contributed by atoms with van der Waals surface area (Å²) in [6.07, 6.45) is 16.5. The fraction of sp³-hybridized carbons (Fsp3) is 1.00. The largest absolute Gasteiger partial charge is 0.370 e. The maximum absolute atomic E-state index is 5.83. The molecule has 4 fully saturated rings. The minimum Gasteiger partial charge on any atom is -0.370 e. The van der Waals surface area contributed by atoms with Crippen molar-refractivity contribution in [2.45, 2.75) is 109 Å². The molecule has 0 aromatic rings. The Morgan fingerprint density at radius 2 is 1.25 bits per heavy atom. The minimum absolute atomic E-state index is 0.636. The first-order valence-corrected chi connectivity index (χ1v) is 10.9. The molecule has 2 heterocycles. The van der Waals surface area contributed by atoms with E-state index in [-0.39, 0.29) is 0 Å². The molecule has 4 aliphatic rings. The van der Waals surface area contributed by atoms with Gasteiger partial charge in [-0.15, -0.1) is 0 Å². The van der Waals surface area contributed by atoms with E-state index in [2.05, 4.69) is 20.8 Å². The lowest BCUT2D eigenvalue weighted by Gasteiger charge is -2.34. The molecule has 0 aromatic heterocycles. The van der Waals surface area contributed by atoms with Gasteiger partial charge in [-0.1, -0.05) is 46.5 Å². The fourth-order valence-electron chi connectivity index (χ4n) is 5.90. The van der Waals surface area contributed by atoms with Gasteiger partial charge in [0.05, 0.1) is 24.4 Å². The van der Waals surface area contributed by atoms with Gasteiger partial charge in [0.2, 0.25) is 0 Å². The molecule has 8 atom stereocenters. The summed E-state index contributed by atoms with van der Waals surface area (Å²) in [5, 5.41) is 0.